The minimum Gasteiger partial charge on any atom is -0.508 e. The van der Waals surface area contributed by atoms with Crippen molar-refractivity contribution in [2.45, 2.75) is 9.79 Å². The Kier molecular flexibility index (Phi) is 37.4. The summed E-state index contributed by atoms with van der Waals surface area (Å²) >= 11 is 21.8. The molecule has 35 heteroatoms. The predicted molar refractivity (Wildman–Crippen MR) is 529 cm³/mol. The number of phenolic OH excluding ortho intramolecular Hbond substituents is 8. The molecule has 0 saturated carbocycles. The van der Waals surface area contributed by atoms with Crippen molar-refractivity contribution >= 4 is 215 Å². The minimum atomic E-state index is -2.26. The van der Waals surface area contributed by atoms with Crippen molar-refractivity contribution < 1.29 is 118 Å². The SMILES string of the molecule is Oc1c(Oc2ccc(I)cc2)c(Oc2ccc(I)cc2)c(O)c(Oc2ccc(I)cc2)c1Oc1ccc(I)cc1.Oc1ccc(Oc2c(F)c(F)c(F)c(F)c2F)cc1.Oc1ccc(Oc2c(F)c(F)c(O)c(F)c2F)cc1.Oc1ccc(Oc2c(I)cc(I)cc2I)cc1.Oc1ccc(Oc2ccc(I)cc2)cc1.Oc1ccc(Sc2ccc(I)cc2)cc1. The number of hydrogen-bond donors (Lipinski definition) is 8. The molecule has 0 fully saturated rings. The zero-order valence-electron chi connectivity index (χ0n) is 62.6. The summed E-state index contributed by atoms with van der Waals surface area (Å²) in [5, 5.41) is 77.5. The summed E-state index contributed by atoms with van der Waals surface area (Å²) in [6, 6.07) is 78.9. The van der Waals surface area contributed by atoms with Gasteiger partial charge in [-0.05, 0) is 482 Å². The van der Waals surface area contributed by atoms with Crippen molar-refractivity contribution in [3.05, 3.63) is 364 Å². The zero-order chi connectivity index (χ0) is 90.3. The van der Waals surface area contributed by atoms with Gasteiger partial charge in [-0.25, -0.2) is 13.2 Å². The van der Waals surface area contributed by atoms with Crippen LogP contribution in [0.1, 0.15) is 0 Å². The number of halogens is 18. The van der Waals surface area contributed by atoms with Crippen LogP contribution < -0.4 is 37.9 Å². The molecule has 642 valence electrons. The molecule has 0 aliphatic carbocycles. The number of benzene rings is 15. The fourth-order valence-corrected chi connectivity index (χ4v) is 16.5. The smallest absolute Gasteiger partial charge is 0.219 e. The molecule has 0 atom stereocenters. The third kappa shape index (κ3) is 29.2. The first-order chi connectivity index (χ1) is 59.6. The second-order valence-electron chi connectivity index (χ2n) is 24.7. The van der Waals surface area contributed by atoms with Gasteiger partial charge >= 0.3 is 0 Å². The summed E-state index contributed by atoms with van der Waals surface area (Å²) < 4.78 is 173. The van der Waals surface area contributed by atoms with Crippen molar-refractivity contribution in [3.8, 4) is 138 Å². The lowest BCUT2D eigenvalue weighted by atomic mass is 10.2. The molecule has 0 heterocycles. The van der Waals surface area contributed by atoms with Crippen molar-refractivity contribution in [2.24, 2.45) is 0 Å². The highest BCUT2D eigenvalue weighted by Crippen LogP contribution is 2.61. The Morgan fingerprint density at radius 3 is 0.600 bits per heavy atom. The molecule has 0 spiro atoms. The van der Waals surface area contributed by atoms with Gasteiger partial charge in [-0.1, -0.05) is 11.8 Å². The number of ether oxygens (including phenoxy) is 8. The average molecular weight is 2740 g/mol. The standard InChI is InChI=1S/C30H18I4O6.C12H5F5O2.C12H6F4O3.C12H7I3O2.C12H9IO2.C12H9IOS/c31-17-1-9-21(10-2-17)37-27-25(35)29(39-23-13-5-19(33)6-14-23)30(40-24-15-7-20(34)8-16-24)26(36)28(27)38-22-11-3-18(32)4-12-22;13-7-8(14)10(16)12(11(17)9(7)15)19-6-3-1-5(18)2-4-6;13-7-9(15)12(10(16)8(14)11(7)18)19-6-3-1-5(17)2-4-6;13-7-5-10(14)12(11(15)6-7)17-9-3-1-8(16)2-4-9;2*13-9-1-5-11(6-2-9)15-12-7-3-10(14)4-8-12/h1-16,35-36H;1-4,18H;1-4,17-18H;1-6,16H;2*1-8,14H. The van der Waals surface area contributed by atoms with Gasteiger partial charge in [-0.15, -0.1) is 0 Å². The summed E-state index contributed by atoms with van der Waals surface area (Å²) in [5.41, 5.74) is 0. The van der Waals surface area contributed by atoms with Crippen LogP contribution in [0, 0.1) is 84.5 Å². The van der Waals surface area contributed by atoms with Gasteiger partial charge in [0.15, 0.2) is 11.5 Å². The van der Waals surface area contributed by atoms with Gasteiger partial charge < -0.3 is 78.7 Å². The molecule has 15 aromatic carbocycles. The summed E-state index contributed by atoms with van der Waals surface area (Å²) in [4.78, 5) is 2.34. The molecule has 8 N–H and O–H groups in total. The summed E-state index contributed by atoms with van der Waals surface area (Å²) in [6.07, 6.45) is 0. The van der Waals surface area contributed by atoms with Crippen LogP contribution in [-0.4, -0.2) is 40.9 Å². The summed E-state index contributed by atoms with van der Waals surface area (Å²) in [5.74, 6) is -19.0. The van der Waals surface area contributed by atoms with Gasteiger partial charge in [0.1, 0.15) is 80.5 Å². The topological polar surface area (TPSA) is 236 Å². The normalized spacial score (nSPS) is 10.4. The van der Waals surface area contributed by atoms with E-state index >= 15 is 0 Å². The second kappa shape index (κ2) is 47.4. The molecule has 16 nitrogen and oxygen atoms in total. The predicted octanol–water partition coefficient (Wildman–Crippen LogP) is 30.9. The Balaban J connectivity index is 0.000000165. The molecule has 0 aliphatic rings. The van der Waals surface area contributed by atoms with Crippen LogP contribution in [0.25, 0.3) is 0 Å². The Morgan fingerprint density at radius 2 is 0.352 bits per heavy atom. The van der Waals surface area contributed by atoms with E-state index in [1.807, 2.05) is 84.9 Å². The monoisotopic (exact) mass is 2740 g/mol. The van der Waals surface area contributed by atoms with Crippen LogP contribution in [-0.2, 0) is 0 Å². The van der Waals surface area contributed by atoms with Crippen LogP contribution >= 0.6 is 215 Å². The Hall–Kier alpha value is -8.61. The molecular weight excluding hydrogens is 2680 g/mol. The van der Waals surface area contributed by atoms with E-state index in [2.05, 4.69) is 249 Å². The van der Waals surface area contributed by atoms with Crippen molar-refractivity contribution in [2.75, 3.05) is 0 Å². The van der Waals surface area contributed by atoms with E-state index in [0.29, 0.717) is 34.5 Å². The maximum atomic E-state index is 13.4. The molecule has 0 bridgehead atoms. The number of hydrogen-bond acceptors (Lipinski definition) is 17. The van der Waals surface area contributed by atoms with Crippen LogP contribution in [0.5, 0.6) is 138 Å². The van der Waals surface area contributed by atoms with Crippen molar-refractivity contribution in [1.29, 1.82) is 0 Å². The second-order valence-corrected chi connectivity index (χ2v) is 36.8. The first kappa shape index (κ1) is 98.6. The average Bonchev–Trinajstić information content (AvgIpc) is 0.785. The Morgan fingerprint density at radius 1 is 0.176 bits per heavy atom. The summed E-state index contributed by atoms with van der Waals surface area (Å²) in [6.45, 7) is 0. The van der Waals surface area contributed by atoms with Crippen molar-refractivity contribution in [3.63, 3.8) is 0 Å². The third-order valence-corrected chi connectivity index (χ3v) is 23.2. The molecular formula is C90H54F9I9O16S. The lowest BCUT2D eigenvalue weighted by molar-refractivity contribution is 0.318. The number of rotatable bonds is 18. The largest absolute Gasteiger partial charge is 0.508 e. The molecule has 0 amide bonds. The molecule has 0 aromatic heterocycles. The first-order valence-electron chi connectivity index (χ1n) is 35.1. The minimum absolute atomic E-state index is 0.128. The lowest BCUT2D eigenvalue weighted by Gasteiger charge is -2.21. The molecule has 125 heavy (non-hydrogen) atoms. The molecule has 0 saturated heterocycles. The summed E-state index contributed by atoms with van der Waals surface area (Å²) in [7, 11) is 0. The van der Waals surface area contributed by atoms with E-state index in [1.54, 1.807) is 121 Å². The molecule has 15 rings (SSSR count). The third-order valence-electron chi connectivity index (χ3n) is 15.7. The maximum Gasteiger partial charge on any atom is 0.219 e. The van der Waals surface area contributed by atoms with Gasteiger partial charge in [0.25, 0.3) is 0 Å². The van der Waals surface area contributed by atoms with E-state index in [9.17, 15) is 54.8 Å². The Labute approximate surface area is 833 Å². The maximum absolute atomic E-state index is 13.4. The van der Waals surface area contributed by atoms with Gasteiger partial charge in [0.2, 0.25) is 98.4 Å². The highest BCUT2D eigenvalue weighted by Gasteiger charge is 2.33. The van der Waals surface area contributed by atoms with Gasteiger partial charge in [0.05, 0.1) is 7.14 Å². The molecule has 0 unspecified atom stereocenters. The van der Waals surface area contributed by atoms with Gasteiger partial charge in [-0.3, -0.25) is 0 Å². The van der Waals surface area contributed by atoms with E-state index in [0.717, 1.165) is 92.1 Å². The highest BCUT2D eigenvalue weighted by molar-refractivity contribution is 14.1. The van der Waals surface area contributed by atoms with Crippen LogP contribution in [0.4, 0.5) is 39.5 Å². The fraction of sp³-hybridized carbons (Fsp3) is 0. The van der Waals surface area contributed by atoms with Crippen LogP contribution in [0.2, 0.25) is 0 Å². The number of aromatic hydroxyl groups is 8. The Bertz CT molecular complexity index is 5550. The molecule has 0 aliphatic heterocycles. The van der Waals surface area contributed by atoms with E-state index in [4.69, 9.17) is 54.0 Å². The highest BCUT2D eigenvalue weighted by atomic mass is 127. The van der Waals surface area contributed by atoms with E-state index in [1.165, 1.54) is 15.6 Å². The van der Waals surface area contributed by atoms with Crippen LogP contribution in [0.3, 0.4) is 0 Å². The molecule has 0 radical (unpaired) electrons. The van der Waals surface area contributed by atoms with Crippen LogP contribution in [0.15, 0.2) is 289 Å². The zero-order valence-corrected chi connectivity index (χ0v) is 82.8. The van der Waals surface area contributed by atoms with Gasteiger partial charge in [-0.2, -0.15) is 26.3 Å². The number of phenols is 8. The quantitative estimate of drug-likeness (QED) is 0.0131. The molecule has 15 aromatic rings. The fourth-order valence-electron chi connectivity index (χ4n) is 9.69. The first-order valence-corrected chi connectivity index (χ1v) is 45.6. The van der Waals surface area contributed by atoms with Crippen molar-refractivity contribution in [1.82, 2.24) is 0 Å². The van der Waals surface area contributed by atoms with E-state index < -0.39 is 81.1 Å². The lowest BCUT2D eigenvalue weighted by Crippen LogP contribution is -2.04. The van der Waals surface area contributed by atoms with E-state index in [-0.39, 0.29) is 57.5 Å². The van der Waals surface area contributed by atoms with Gasteiger partial charge in [0, 0.05) is 34.8 Å².